The Morgan fingerprint density at radius 1 is 0.615 bits per heavy atom. The summed E-state index contributed by atoms with van der Waals surface area (Å²) in [7, 11) is 0. The van der Waals surface area contributed by atoms with Crippen LogP contribution in [0.25, 0.3) is 0 Å². The average Bonchev–Trinajstić information content (AvgIpc) is 2.64. The number of hydrogen-bond donors (Lipinski definition) is 0. The highest BCUT2D eigenvalue weighted by Crippen LogP contribution is 2.19. The van der Waals surface area contributed by atoms with Crippen molar-refractivity contribution in [3.8, 4) is 0 Å². The van der Waals surface area contributed by atoms with Crippen LogP contribution >= 0.6 is 23.2 Å². The van der Waals surface area contributed by atoms with Gasteiger partial charge in [-0.3, -0.25) is 4.79 Å². The second-order valence-corrected chi connectivity index (χ2v) is 7.66. The largest absolute Gasteiger partial charge is 0.300 e. The van der Waals surface area contributed by atoms with E-state index in [1.165, 1.54) is 11.1 Å². The number of rotatable bonds is 12. The predicted molar refractivity (Wildman–Crippen MR) is 112 cm³/mol. The Labute approximate surface area is 167 Å². The van der Waals surface area contributed by atoms with E-state index >= 15 is 0 Å². The maximum absolute atomic E-state index is 12.0. The van der Waals surface area contributed by atoms with Crippen molar-refractivity contribution in [2.75, 3.05) is 0 Å². The highest BCUT2D eigenvalue weighted by atomic mass is 35.5. The minimum Gasteiger partial charge on any atom is -0.300 e. The third-order valence-corrected chi connectivity index (χ3v) is 5.46. The molecule has 0 aliphatic carbocycles. The third-order valence-electron chi connectivity index (χ3n) is 4.72. The van der Waals surface area contributed by atoms with E-state index in [4.69, 9.17) is 23.2 Å². The van der Waals surface area contributed by atoms with Crippen molar-refractivity contribution in [3.05, 3.63) is 69.7 Å². The van der Waals surface area contributed by atoms with Crippen LogP contribution in [0.15, 0.2) is 48.5 Å². The Morgan fingerprint density at radius 2 is 1.04 bits per heavy atom. The van der Waals surface area contributed by atoms with Gasteiger partial charge in [-0.05, 0) is 61.8 Å². The quantitative estimate of drug-likeness (QED) is 0.343. The summed E-state index contributed by atoms with van der Waals surface area (Å²) in [5.74, 6) is 0.403. The third kappa shape index (κ3) is 7.93. The lowest BCUT2D eigenvalue weighted by Crippen LogP contribution is -1.98. The molecule has 3 heteroatoms. The van der Waals surface area contributed by atoms with Crippen LogP contribution in [0, 0.1) is 0 Å². The molecule has 0 saturated carbocycles. The van der Waals surface area contributed by atoms with Gasteiger partial charge < -0.3 is 0 Å². The summed E-state index contributed by atoms with van der Waals surface area (Å²) in [6.45, 7) is 0. The van der Waals surface area contributed by atoms with Crippen molar-refractivity contribution in [2.45, 2.75) is 64.2 Å². The fourth-order valence-corrected chi connectivity index (χ4v) is 3.62. The molecule has 0 amide bonds. The van der Waals surface area contributed by atoms with E-state index in [0.29, 0.717) is 18.6 Å². The van der Waals surface area contributed by atoms with Crippen molar-refractivity contribution < 1.29 is 4.79 Å². The van der Waals surface area contributed by atoms with Gasteiger partial charge in [-0.15, -0.1) is 0 Å². The molecule has 0 aliphatic rings. The van der Waals surface area contributed by atoms with Gasteiger partial charge in [-0.2, -0.15) is 0 Å². The first-order valence-corrected chi connectivity index (χ1v) is 10.4. The van der Waals surface area contributed by atoms with Crippen LogP contribution in [0.3, 0.4) is 0 Å². The van der Waals surface area contributed by atoms with Gasteiger partial charge in [0.2, 0.25) is 0 Å². The topological polar surface area (TPSA) is 17.1 Å². The minimum absolute atomic E-state index is 0.403. The van der Waals surface area contributed by atoms with Gasteiger partial charge in [-0.1, -0.05) is 72.4 Å². The first-order valence-electron chi connectivity index (χ1n) is 9.65. The predicted octanol–water partition coefficient (Wildman–Crippen LogP) is 7.47. The fourth-order valence-electron chi connectivity index (χ4n) is 3.16. The van der Waals surface area contributed by atoms with E-state index < -0.39 is 0 Å². The molecule has 2 aromatic rings. The Morgan fingerprint density at radius 3 is 1.46 bits per heavy atom. The zero-order valence-electron chi connectivity index (χ0n) is 15.4. The van der Waals surface area contributed by atoms with Crippen LogP contribution in [0.2, 0.25) is 10.0 Å². The lowest BCUT2D eigenvalue weighted by Gasteiger charge is -2.05. The summed E-state index contributed by atoms with van der Waals surface area (Å²) in [5, 5.41) is 1.70. The van der Waals surface area contributed by atoms with Crippen molar-refractivity contribution in [3.63, 3.8) is 0 Å². The molecule has 0 N–H and O–H groups in total. The molecule has 0 unspecified atom stereocenters. The number of hydrogen-bond acceptors (Lipinski definition) is 1. The molecule has 1 nitrogen and oxygen atoms in total. The van der Waals surface area contributed by atoms with E-state index in [1.54, 1.807) is 0 Å². The Bertz CT molecular complexity index is 624. The number of ketones is 1. The van der Waals surface area contributed by atoms with Crippen LogP contribution in [0.1, 0.15) is 62.5 Å². The van der Waals surface area contributed by atoms with Crippen LogP contribution < -0.4 is 0 Å². The molecule has 0 bridgehead atoms. The van der Waals surface area contributed by atoms with Gasteiger partial charge in [0.05, 0.1) is 0 Å². The molecule has 0 spiro atoms. The number of benzene rings is 2. The SMILES string of the molecule is O=C(CCCCCc1ccccc1Cl)CCCCCc1ccccc1Cl. The average molecular weight is 391 g/mol. The highest BCUT2D eigenvalue weighted by molar-refractivity contribution is 6.31. The zero-order chi connectivity index (χ0) is 18.6. The summed E-state index contributed by atoms with van der Waals surface area (Å²) in [4.78, 5) is 12.0. The molecule has 0 radical (unpaired) electrons. The molecule has 0 heterocycles. The van der Waals surface area contributed by atoms with E-state index in [-0.39, 0.29) is 0 Å². The fraction of sp³-hybridized carbons (Fsp3) is 0.435. The maximum atomic E-state index is 12.0. The van der Waals surface area contributed by atoms with Crippen LogP contribution in [-0.4, -0.2) is 5.78 Å². The normalized spacial score (nSPS) is 10.8. The van der Waals surface area contributed by atoms with Gasteiger partial charge in [0.25, 0.3) is 0 Å². The van der Waals surface area contributed by atoms with Crippen molar-refractivity contribution in [1.82, 2.24) is 0 Å². The highest BCUT2D eigenvalue weighted by Gasteiger charge is 2.04. The van der Waals surface area contributed by atoms with Gasteiger partial charge in [0, 0.05) is 22.9 Å². The number of carbonyl (C=O) groups excluding carboxylic acids is 1. The molecule has 0 fully saturated rings. The van der Waals surface area contributed by atoms with Crippen molar-refractivity contribution >= 4 is 29.0 Å². The van der Waals surface area contributed by atoms with E-state index in [2.05, 4.69) is 12.1 Å². The molecule has 0 aliphatic heterocycles. The van der Waals surface area contributed by atoms with Crippen LogP contribution in [0.4, 0.5) is 0 Å². The Hall–Kier alpha value is -1.31. The molecule has 2 aromatic carbocycles. The first kappa shape index (κ1) is 21.0. The first-order chi connectivity index (χ1) is 12.7. The second-order valence-electron chi connectivity index (χ2n) is 6.84. The molecule has 26 heavy (non-hydrogen) atoms. The number of carbonyl (C=O) groups is 1. The van der Waals surface area contributed by atoms with Gasteiger partial charge in [0.1, 0.15) is 5.78 Å². The van der Waals surface area contributed by atoms with E-state index in [0.717, 1.165) is 61.4 Å². The summed E-state index contributed by atoms with van der Waals surface area (Å²) >= 11 is 12.3. The minimum atomic E-state index is 0.403. The lowest BCUT2D eigenvalue weighted by atomic mass is 10.0. The lowest BCUT2D eigenvalue weighted by molar-refractivity contribution is -0.119. The summed E-state index contributed by atoms with van der Waals surface area (Å²) < 4.78 is 0. The maximum Gasteiger partial charge on any atom is 0.132 e. The smallest absolute Gasteiger partial charge is 0.132 e. The number of aryl methyl sites for hydroxylation is 2. The molecular weight excluding hydrogens is 363 g/mol. The molecule has 0 saturated heterocycles. The van der Waals surface area contributed by atoms with Crippen molar-refractivity contribution in [1.29, 1.82) is 0 Å². The van der Waals surface area contributed by atoms with Gasteiger partial charge in [-0.25, -0.2) is 0 Å². The summed E-state index contributed by atoms with van der Waals surface area (Å²) in [5.41, 5.74) is 2.41. The number of unbranched alkanes of at least 4 members (excludes halogenated alkanes) is 4. The zero-order valence-corrected chi connectivity index (χ0v) is 16.9. The monoisotopic (exact) mass is 390 g/mol. The number of Topliss-reactive ketones (excluding diaryl/α,β-unsaturated/α-hetero) is 1. The van der Waals surface area contributed by atoms with Crippen LogP contribution in [-0.2, 0) is 17.6 Å². The summed E-state index contributed by atoms with van der Waals surface area (Å²) in [6, 6.07) is 16.0. The number of halogens is 2. The summed E-state index contributed by atoms with van der Waals surface area (Å²) in [6.07, 6.45) is 9.76. The van der Waals surface area contributed by atoms with E-state index in [9.17, 15) is 4.79 Å². The van der Waals surface area contributed by atoms with Gasteiger partial charge >= 0.3 is 0 Å². The Balaban J connectivity index is 1.48. The molecule has 0 atom stereocenters. The van der Waals surface area contributed by atoms with Gasteiger partial charge in [0.15, 0.2) is 0 Å². The molecule has 2 rings (SSSR count). The Kier molecular flexibility index (Phi) is 9.81. The molecule has 140 valence electrons. The second kappa shape index (κ2) is 12.1. The standard InChI is InChI=1S/C23H28Cl2O/c24-22-17-9-7-13-19(22)11-3-1-5-15-21(26)16-6-2-4-12-20-14-8-10-18-23(20)25/h7-10,13-14,17-18H,1-6,11-12,15-16H2. The van der Waals surface area contributed by atoms with Crippen LogP contribution in [0.5, 0.6) is 0 Å². The van der Waals surface area contributed by atoms with Crippen molar-refractivity contribution in [2.24, 2.45) is 0 Å². The molecule has 0 aromatic heterocycles. The molecular formula is C23H28Cl2O. The van der Waals surface area contributed by atoms with E-state index in [1.807, 2.05) is 36.4 Å².